The summed E-state index contributed by atoms with van der Waals surface area (Å²) < 4.78 is 0. The SMILES string of the molecule is CC1CCCCCC1Nc1nccnc1Cl. The fraction of sp³-hybridized carbons (Fsp3) is 0.667. The molecule has 16 heavy (non-hydrogen) atoms. The van der Waals surface area contributed by atoms with Crippen LogP contribution in [0.15, 0.2) is 12.4 Å². The number of anilines is 1. The molecule has 0 amide bonds. The second-order valence-corrected chi connectivity index (χ2v) is 4.92. The van der Waals surface area contributed by atoms with Crippen molar-refractivity contribution in [2.24, 2.45) is 5.92 Å². The molecule has 1 N–H and O–H groups in total. The third-order valence-electron chi connectivity index (χ3n) is 3.34. The largest absolute Gasteiger partial charge is 0.365 e. The summed E-state index contributed by atoms with van der Waals surface area (Å²) in [6.07, 6.45) is 9.76. The Morgan fingerprint density at radius 2 is 1.94 bits per heavy atom. The van der Waals surface area contributed by atoms with Gasteiger partial charge in [-0.05, 0) is 18.8 Å². The molecule has 0 bridgehead atoms. The third-order valence-corrected chi connectivity index (χ3v) is 3.61. The van der Waals surface area contributed by atoms with Crippen molar-refractivity contribution in [3.63, 3.8) is 0 Å². The fourth-order valence-electron chi connectivity index (χ4n) is 2.30. The van der Waals surface area contributed by atoms with Gasteiger partial charge in [0.1, 0.15) is 0 Å². The molecule has 2 unspecified atom stereocenters. The number of halogens is 1. The second-order valence-electron chi connectivity index (χ2n) is 4.56. The first kappa shape index (κ1) is 11.6. The van der Waals surface area contributed by atoms with E-state index in [2.05, 4.69) is 22.2 Å². The monoisotopic (exact) mass is 239 g/mol. The zero-order valence-corrected chi connectivity index (χ0v) is 10.4. The highest BCUT2D eigenvalue weighted by atomic mass is 35.5. The molecule has 1 aliphatic rings. The molecule has 0 spiro atoms. The number of nitrogens with one attached hydrogen (secondary N) is 1. The zero-order valence-electron chi connectivity index (χ0n) is 9.62. The van der Waals surface area contributed by atoms with Gasteiger partial charge in [0, 0.05) is 18.4 Å². The van der Waals surface area contributed by atoms with Crippen molar-refractivity contribution >= 4 is 17.4 Å². The zero-order chi connectivity index (χ0) is 11.4. The summed E-state index contributed by atoms with van der Waals surface area (Å²) in [6.45, 7) is 2.30. The highest BCUT2D eigenvalue weighted by Gasteiger charge is 2.20. The van der Waals surface area contributed by atoms with Crippen LogP contribution in [0.1, 0.15) is 39.0 Å². The molecule has 1 aliphatic carbocycles. The van der Waals surface area contributed by atoms with Crippen molar-refractivity contribution in [1.29, 1.82) is 0 Å². The molecule has 0 saturated heterocycles. The van der Waals surface area contributed by atoms with Gasteiger partial charge in [-0.25, -0.2) is 9.97 Å². The molecule has 1 aromatic heterocycles. The Hall–Kier alpha value is -0.830. The van der Waals surface area contributed by atoms with Crippen LogP contribution in [0, 0.1) is 5.92 Å². The van der Waals surface area contributed by atoms with Crippen LogP contribution in [0.3, 0.4) is 0 Å². The van der Waals surface area contributed by atoms with Crippen molar-refractivity contribution in [3.05, 3.63) is 17.5 Å². The standard InChI is InChI=1S/C12H18ClN3/c1-9-5-3-2-4-6-10(9)16-12-11(13)14-7-8-15-12/h7-10H,2-6H2,1H3,(H,15,16). The quantitative estimate of drug-likeness (QED) is 0.803. The van der Waals surface area contributed by atoms with Gasteiger partial charge in [-0.3, -0.25) is 0 Å². The minimum atomic E-state index is 0.471. The molecule has 1 heterocycles. The number of aromatic nitrogens is 2. The van der Waals surface area contributed by atoms with Crippen molar-refractivity contribution in [2.75, 3.05) is 5.32 Å². The lowest BCUT2D eigenvalue weighted by Crippen LogP contribution is -2.26. The van der Waals surface area contributed by atoms with E-state index in [-0.39, 0.29) is 0 Å². The maximum Gasteiger partial charge on any atom is 0.171 e. The third kappa shape index (κ3) is 2.85. The van der Waals surface area contributed by atoms with Gasteiger partial charge in [0.2, 0.25) is 0 Å². The molecule has 0 aromatic carbocycles. The lowest BCUT2D eigenvalue weighted by Gasteiger charge is -2.23. The van der Waals surface area contributed by atoms with Crippen LogP contribution in [0.4, 0.5) is 5.82 Å². The molecule has 4 heteroatoms. The van der Waals surface area contributed by atoms with Gasteiger partial charge < -0.3 is 5.32 Å². The predicted octanol–water partition coefficient (Wildman–Crippen LogP) is 3.51. The van der Waals surface area contributed by atoms with E-state index in [0.717, 1.165) is 5.82 Å². The van der Waals surface area contributed by atoms with Crippen molar-refractivity contribution < 1.29 is 0 Å². The molecule has 2 atom stereocenters. The molecule has 0 radical (unpaired) electrons. The molecular weight excluding hydrogens is 222 g/mol. The van der Waals surface area contributed by atoms with Gasteiger partial charge in [-0.15, -0.1) is 0 Å². The highest BCUT2D eigenvalue weighted by Crippen LogP contribution is 2.26. The van der Waals surface area contributed by atoms with E-state index in [1.54, 1.807) is 12.4 Å². The van der Waals surface area contributed by atoms with Crippen LogP contribution >= 0.6 is 11.6 Å². The van der Waals surface area contributed by atoms with Gasteiger partial charge >= 0.3 is 0 Å². The molecule has 2 rings (SSSR count). The van der Waals surface area contributed by atoms with E-state index in [0.29, 0.717) is 17.1 Å². The fourth-order valence-corrected chi connectivity index (χ4v) is 2.46. The normalized spacial score (nSPS) is 26.1. The number of rotatable bonds is 2. The van der Waals surface area contributed by atoms with Crippen molar-refractivity contribution in [2.45, 2.75) is 45.1 Å². The van der Waals surface area contributed by atoms with E-state index >= 15 is 0 Å². The maximum absolute atomic E-state index is 6.00. The average molecular weight is 240 g/mol. The molecule has 1 fully saturated rings. The van der Waals surface area contributed by atoms with E-state index in [4.69, 9.17) is 11.6 Å². The summed E-state index contributed by atoms with van der Waals surface area (Å²) in [6, 6.07) is 0.483. The van der Waals surface area contributed by atoms with Crippen LogP contribution in [0.25, 0.3) is 0 Å². The first-order valence-corrected chi connectivity index (χ1v) is 6.38. The molecule has 3 nitrogen and oxygen atoms in total. The Labute approximate surface area is 102 Å². The second kappa shape index (κ2) is 5.48. The summed E-state index contributed by atoms with van der Waals surface area (Å²) >= 11 is 6.00. The smallest absolute Gasteiger partial charge is 0.171 e. The number of nitrogens with zero attached hydrogens (tertiary/aromatic N) is 2. The van der Waals surface area contributed by atoms with Crippen LogP contribution in [0.5, 0.6) is 0 Å². The summed E-state index contributed by atoms with van der Waals surface area (Å²) in [4.78, 5) is 8.27. The Morgan fingerprint density at radius 3 is 2.75 bits per heavy atom. The summed E-state index contributed by atoms with van der Waals surface area (Å²) in [7, 11) is 0. The lowest BCUT2D eigenvalue weighted by atomic mass is 9.97. The van der Waals surface area contributed by atoms with Crippen LogP contribution in [0.2, 0.25) is 5.15 Å². The van der Waals surface area contributed by atoms with E-state index in [1.165, 1.54) is 32.1 Å². The van der Waals surface area contributed by atoms with E-state index in [1.807, 2.05) is 0 Å². The van der Waals surface area contributed by atoms with E-state index < -0.39 is 0 Å². The molecule has 0 aliphatic heterocycles. The maximum atomic E-state index is 6.00. The molecular formula is C12H18ClN3. The number of hydrogen-bond acceptors (Lipinski definition) is 3. The predicted molar refractivity (Wildman–Crippen MR) is 66.7 cm³/mol. The molecule has 88 valence electrons. The Kier molecular flexibility index (Phi) is 3.99. The Bertz CT molecular complexity index is 343. The minimum Gasteiger partial charge on any atom is -0.365 e. The molecule has 1 aromatic rings. The van der Waals surface area contributed by atoms with Gasteiger partial charge in [0.05, 0.1) is 0 Å². The lowest BCUT2D eigenvalue weighted by molar-refractivity contribution is 0.455. The van der Waals surface area contributed by atoms with Crippen LogP contribution in [-0.2, 0) is 0 Å². The van der Waals surface area contributed by atoms with Gasteiger partial charge in [0.25, 0.3) is 0 Å². The summed E-state index contributed by atoms with van der Waals surface area (Å²) in [5.74, 6) is 1.41. The van der Waals surface area contributed by atoms with Crippen molar-refractivity contribution in [1.82, 2.24) is 9.97 Å². The Morgan fingerprint density at radius 1 is 1.19 bits per heavy atom. The van der Waals surface area contributed by atoms with Crippen LogP contribution in [-0.4, -0.2) is 16.0 Å². The van der Waals surface area contributed by atoms with E-state index in [9.17, 15) is 0 Å². The van der Waals surface area contributed by atoms with Crippen LogP contribution < -0.4 is 5.32 Å². The average Bonchev–Trinajstić information content (AvgIpc) is 2.48. The Balaban J connectivity index is 2.05. The highest BCUT2D eigenvalue weighted by molar-refractivity contribution is 6.31. The van der Waals surface area contributed by atoms with Gasteiger partial charge in [-0.2, -0.15) is 0 Å². The number of hydrogen-bond donors (Lipinski definition) is 1. The van der Waals surface area contributed by atoms with Crippen molar-refractivity contribution in [3.8, 4) is 0 Å². The summed E-state index contributed by atoms with van der Waals surface area (Å²) in [5, 5.41) is 3.90. The summed E-state index contributed by atoms with van der Waals surface area (Å²) in [5.41, 5.74) is 0. The van der Waals surface area contributed by atoms with Gasteiger partial charge in [0.15, 0.2) is 11.0 Å². The topological polar surface area (TPSA) is 37.8 Å². The molecule has 1 saturated carbocycles. The minimum absolute atomic E-state index is 0.471. The van der Waals surface area contributed by atoms with Gasteiger partial charge in [-0.1, -0.05) is 37.8 Å². The first-order valence-electron chi connectivity index (χ1n) is 6.00. The first-order chi connectivity index (χ1) is 7.77.